The van der Waals surface area contributed by atoms with Crippen molar-refractivity contribution in [3.05, 3.63) is 34.7 Å². The topological polar surface area (TPSA) is 50.9 Å². The average Bonchev–Trinajstić information content (AvgIpc) is 2.75. The summed E-state index contributed by atoms with van der Waals surface area (Å²) in [4.78, 5) is 4.49. The van der Waals surface area contributed by atoms with Gasteiger partial charge in [-0.05, 0) is 31.9 Å². The highest BCUT2D eigenvalue weighted by atomic mass is 32.1. The number of rotatable bonds is 3. The maximum absolute atomic E-state index is 5.78. The van der Waals surface area contributed by atoms with Crippen molar-refractivity contribution >= 4 is 17.0 Å². The molecule has 0 bridgehead atoms. The van der Waals surface area contributed by atoms with Crippen LogP contribution in [0.3, 0.4) is 0 Å². The van der Waals surface area contributed by atoms with Crippen molar-refractivity contribution in [3.8, 4) is 11.3 Å². The lowest BCUT2D eigenvalue weighted by molar-refractivity contribution is 0.374. The summed E-state index contributed by atoms with van der Waals surface area (Å²) in [7, 11) is 0. The fourth-order valence-corrected chi connectivity index (χ4v) is 2.87. The van der Waals surface area contributed by atoms with E-state index >= 15 is 0 Å². The maximum Gasteiger partial charge on any atom is 0.0901 e. The van der Waals surface area contributed by atoms with E-state index < -0.39 is 0 Å². The van der Waals surface area contributed by atoms with E-state index in [9.17, 15) is 0 Å². The molecule has 2 aromatic rings. The second-order valence-corrected chi connectivity index (χ2v) is 5.96. The van der Waals surface area contributed by atoms with E-state index in [1.165, 1.54) is 11.3 Å². The summed E-state index contributed by atoms with van der Waals surface area (Å²) in [6.45, 7) is 2.03. The largest absolute Gasteiger partial charge is 0.382 e. The third-order valence-corrected chi connectivity index (χ3v) is 4.12. The van der Waals surface area contributed by atoms with E-state index in [2.05, 4.69) is 39.9 Å². The Morgan fingerprint density at radius 2 is 2.00 bits per heavy atom. The van der Waals surface area contributed by atoms with E-state index in [1.807, 2.05) is 6.92 Å². The van der Waals surface area contributed by atoms with Crippen LogP contribution < -0.4 is 11.1 Å². The Bertz CT molecular complexity index is 526. The molecule has 18 heavy (non-hydrogen) atoms. The van der Waals surface area contributed by atoms with Crippen LogP contribution in [0.15, 0.2) is 29.6 Å². The number of hydrogen-bond donors (Lipinski definition) is 2. The van der Waals surface area contributed by atoms with Gasteiger partial charge in [-0.3, -0.25) is 0 Å². The van der Waals surface area contributed by atoms with Crippen LogP contribution in [-0.2, 0) is 0 Å². The van der Waals surface area contributed by atoms with Gasteiger partial charge in [0.05, 0.1) is 10.7 Å². The van der Waals surface area contributed by atoms with Crippen molar-refractivity contribution in [3.63, 3.8) is 0 Å². The maximum atomic E-state index is 5.78. The number of aryl methyl sites for hydroxylation is 1. The van der Waals surface area contributed by atoms with Gasteiger partial charge in [0.1, 0.15) is 0 Å². The molecular weight excluding hydrogens is 242 g/mol. The number of nitrogens with one attached hydrogen (secondary N) is 1. The zero-order chi connectivity index (χ0) is 12.5. The number of nitrogens with two attached hydrogens (primary N) is 1. The van der Waals surface area contributed by atoms with Gasteiger partial charge >= 0.3 is 0 Å². The molecule has 1 aromatic carbocycles. The van der Waals surface area contributed by atoms with Gasteiger partial charge in [-0.1, -0.05) is 12.1 Å². The smallest absolute Gasteiger partial charge is 0.0901 e. The second-order valence-electron chi connectivity index (χ2n) is 4.90. The number of nitrogens with zero attached hydrogens (tertiary/aromatic N) is 1. The predicted octanol–water partition coefficient (Wildman–Crippen LogP) is 3.02. The minimum Gasteiger partial charge on any atom is -0.382 e. The molecular formula is C14H17N3S. The molecule has 1 fully saturated rings. The van der Waals surface area contributed by atoms with Crippen molar-refractivity contribution < 1.29 is 0 Å². The Hall–Kier alpha value is -1.39. The highest BCUT2D eigenvalue weighted by molar-refractivity contribution is 7.09. The summed E-state index contributed by atoms with van der Waals surface area (Å²) >= 11 is 1.69. The third kappa shape index (κ3) is 2.40. The summed E-state index contributed by atoms with van der Waals surface area (Å²) in [5.41, 5.74) is 9.19. The van der Waals surface area contributed by atoms with E-state index in [0.717, 1.165) is 23.5 Å². The van der Waals surface area contributed by atoms with E-state index in [1.54, 1.807) is 11.3 Å². The predicted molar refractivity (Wildman–Crippen MR) is 76.9 cm³/mol. The number of hydrogen-bond acceptors (Lipinski definition) is 4. The lowest BCUT2D eigenvalue weighted by atomic mass is 9.87. The zero-order valence-corrected chi connectivity index (χ0v) is 11.2. The zero-order valence-electron chi connectivity index (χ0n) is 10.4. The summed E-state index contributed by atoms with van der Waals surface area (Å²) in [5.74, 6) is 0. The Balaban J connectivity index is 1.69. The lowest BCUT2D eigenvalue weighted by Gasteiger charge is -2.33. The van der Waals surface area contributed by atoms with Crippen LogP contribution in [0.2, 0.25) is 0 Å². The first-order chi connectivity index (χ1) is 8.70. The Kier molecular flexibility index (Phi) is 3.06. The number of anilines is 1. The molecule has 0 aliphatic heterocycles. The monoisotopic (exact) mass is 259 g/mol. The molecule has 0 radical (unpaired) electrons. The molecule has 1 aliphatic carbocycles. The van der Waals surface area contributed by atoms with Crippen LogP contribution in [0.25, 0.3) is 11.3 Å². The van der Waals surface area contributed by atoms with Gasteiger partial charge in [0.25, 0.3) is 0 Å². The molecule has 0 spiro atoms. The Labute approximate surface area is 111 Å². The normalized spacial score (nSPS) is 22.6. The summed E-state index contributed by atoms with van der Waals surface area (Å²) in [6.07, 6.45) is 2.15. The van der Waals surface area contributed by atoms with Crippen molar-refractivity contribution in [2.75, 3.05) is 5.32 Å². The fraction of sp³-hybridized carbons (Fsp3) is 0.357. The van der Waals surface area contributed by atoms with Crippen LogP contribution in [0, 0.1) is 6.92 Å². The van der Waals surface area contributed by atoms with Crippen molar-refractivity contribution in [1.82, 2.24) is 4.98 Å². The van der Waals surface area contributed by atoms with Crippen molar-refractivity contribution in [2.45, 2.75) is 31.8 Å². The fourth-order valence-electron chi connectivity index (χ4n) is 2.25. The van der Waals surface area contributed by atoms with E-state index in [4.69, 9.17) is 5.73 Å². The Morgan fingerprint density at radius 1 is 1.28 bits per heavy atom. The molecule has 0 atom stereocenters. The molecule has 94 valence electrons. The number of aromatic nitrogens is 1. The van der Waals surface area contributed by atoms with Gasteiger partial charge in [-0.15, -0.1) is 11.3 Å². The standard InChI is InChI=1S/C14H17N3S/c1-9-16-14(8-18-9)10-2-4-12(5-3-10)17-13-6-11(15)7-13/h2-5,8,11,13,17H,6-7,15H2,1H3. The molecule has 0 unspecified atom stereocenters. The summed E-state index contributed by atoms with van der Waals surface area (Å²) in [6, 6.07) is 9.42. The molecule has 0 saturated heterocycles. The highest BCUT2D eigenvalue weighted by Crippen LogP contribution is 2.26. The first-order valence-electron chi connectivity index (χ1n) is 6.25. The first-order valence-corrected chi connectivity index (χ1v) is 7.13. The molecule has 1 saturated carbocycles. The Morgan fingerprint density at radius 3 is 2.56 bits per heavy atom. The van der Waals surface area contributed by atoms with Crippen LogP contribution in [0.4, 0.5) is 5.69 Å². The highest BCUT2D eigenvalue weighted by Gasteiger charge is 2.25. The third-order valence-electron chi connectivity index (χ3n) is 3.35. The average molecular weight is 259 g/mol. The SMILES string of the molecule is Cc1nc(-c2ccc(NC3CC(N)C3)cc2)cs1. The quantitative estimate of drug-likeness (QED) is 0.891. The molecule has 1 heterocycles. The molecule has 3 N–H and O–H groups in total. The minimum absolute atomic E-state index is 0.389. The van der Waals surface area contributed by atoms with E-state index in [-0.39, 0.29) is 0 Å². The first kappa shape index (κ1) is 11.7. The van der Waals surface area contributed by atoms with Crippen LogP contribution in [-0.4, -0.2) is 17.1 Å². The van der Waals surface area contributed by atoms with Crippen molar-refractivity contribution in [2.24, 2.45) is 5.73 Å². The van der Waals surface area contributed by atoms with Gasteiger partial charge in [0.2, 0.25) is 0 Å². The summed E-state index contributed by atoms with van der Waals surface area (Å²) in [5, 5.41) is 6.70. The van der Waals surface area contributed by atoms with E-state index in [0.29, 0.717) is 12.1 Å². The summed E-state index contributed by atoms with van der Waals surface area (Å²) < 4.78 is 0. The van der Waals surface area contributed by atoms with Crippen LogP contribution in [0.1, 0.15) is 17.8 Å². The van der Waals surface area contributed by atoms with Gasteiger partial charge in [-0.2, -0.15) is 0 Å². The lowest BCUT2D eigenvalue weighted by Crippen LogP contribution is -2.44. The molecule has 0 amide bonds. The van der Waals surface area contributed by atoms with Gasteiger partial charge in [0, 0.05) is 28.7 Å². The molecule has 3 rings (SSSR count). The minimum atomic E-state index is 0.389. The van der Waals surface area contributed by atoms with Gasteiger partial charge in [-0.25, -0.2) is 4.98 Å². The van der Waals surface area contributed by atoms with Crippen molar-refractivity contribution in [1.29, 1.82) is 0 Å². The number of benzene rings is 1. The molecule has 1 aromatic heterocycles. The van der Waals surface area contributed by atoms with Gasteiger partial charge < -0.3 is 11.1 Å². The number of thiazole rings is 1. The second kappa shape index (κ2) is 4.71. The van der Waals surface area contributed by atoms with Crippen LogP contribution in [0.5, 0.6) is 0 Å². The molecule has 4 heteroatoms. The molecule has 1 aliphatic rings. The van der Waals surface area contributed by atoms with Gasteiger partial charge in [0.15, 0.2) is 0 Å². The molecule has 3 nitrogen and oxygen atoms in total. The van der Waals surface area contributed by atoms with Crippen LogP contribution >= 0.6 is 11.3 Å².